The number of aromatic carboxylic acids is 1. The summed E-state index contributed by atoms with van der Waals surface area (Å²) >= 11 is 5.92. The quantitative estimate of drug-likeness (QED) is 0.637. The lowest BCUT2D eigenvalue weighted by molar-refractivity contribution is 0.0695. The van der Waals surface area contributed by atoms with Crippen LogP contribution in [0.3, 0.4) is 0 Å². The molecule has 30 heavy (non-hydrogen) atoms. The van der Waals surface area contributed by atoms with E-state index in [-0.39, 0.29) is 35.4 Å². The van der Waals surface area contributed by atoms with Crippen molar-refractivity contribution in [3.63, 3.8) is 0 Å². The summed E-state index contributed by atoms with van der Waals surface area (Å²) in [7, 11) is -3.41. The van der Waals surface area contributed by atoms with Crippen LogP contribution < -0.4 is 0 Å². The van der Waals surface area contributed by atoms with E-state index in [9.17, 15) is 23.4 Å². The lowest BCUT2D eigenvalue weighted by atomic mass is 9.94. The maximum atomic E-state index is 12.1. The molecule has 3 aromatic rings. The van der Waals surface area contributed by atoms with Crippen LogP contribution in [0, 0.1) is 0 Å². The molecule has 156 valence electrons. The maximum Gasteiger partial charge on any atom is 0.340 e. The number of hydrogen-bond donors (Lipinski definition) is 2. The monoisotopic (exact) mass is 446 g/mol. The Balaban J connectivity index is 1.92. The molecule has 0 fully saturated rings. The van der Waals surface area contributed by atoms with Crippen LogP contribution in [0.25, 0.3) is 10.9 Å². The van der Waals surface area contributed by atoms with Gasteiger partial charge in [-0.1, -0.05) is 35.9 Å². The summed E-state index contributed by atoms with van der Waals surface area (Å²) in [4.78, 5) is 16.6. The lowest BCUT2D eigenvalue weighted by Gasteiger charge is -2.28. The topological polar surface area (TPSA) is 108 Å². The van der Waals surface area contributed by atoms with Gasteiger partial charge in [0, 0.05) is 29.9 Å². The zero-order valence-electron chi connectivity index (χ0n) is 16.1. The van der Waals surface area contributed by atoms with Gasteiger partial charge in [-0.05, 0) is 35.2 Å². The van der Waals surface area contributed by atoms with Crippen LogP contribution in [0.15, 0.2) is 36.4 Å². The summed E-state index contributed by atoms with van der Waals surface area (Å²) in [6.07, 6.45) is 1.87. The first kappa shape index (κ1) is 20.6. The second-order valence-electron chi connectivity index (χ2n) is 7.34. The molecule has 7 nitrogen and oxygen atoms in total. The summed E-state index contributed by atoms with van der Waals surface area (Å²) in [5, 5.41) is 21.3. The maximum absolute atomic E-state index is 12.1. The Morgan fingerprint density at radius 1 is 1.20 bits per heavy atom. The zero-order valence-corrected chi connectivity index (χ0v) is 17.7. The van der Waals surface area contributed by atoms with E-state index >= 15 is 0 Å². The number of aromatic hydroxyl groups is 1. The third-order valence-corrected chi connectivity index (χ3v) is 6.84. The fourth-order valence-corrected chi connectivity index (χ4v) is 4.71. The molecule has 4 rings (SSSR count). The summed E-state index contributed by atoms with van der Waals surface area (Å²) in [6, 6.07) is 10.4. The molecule has 1 aliphatic rings. The molecule has 9 heteroatoms. The Labute approximate surface area is 178 Å². The number of sulfonamides is 1. The number of rotatable bonds is 4. The lowest BCUT2D eigenvalue weighted by Crippen LogP contribution is -2.35. The first-order chi connectivity index (χ1) is 14.1. The Hall–Kier alpha value is -2.68. The van der Waals surface area contributed by atoms with Crippen molar-refractivity contribution in [1.82, 2.24) is 9.29 Å². The van der Waals surface area contributed by atoms with Crippen molar-refractivity contribution in [2.75, 3.05) is 12.8 Å². The van der Waals surface area contributed by atoms with Gasteiger partial charge in [-0.3, -0.25) is 0 Å². The van der Waals surface area contributed by atoms with Crippen LogP contribution >= 0.6 is 11.6 Å². The number of pyridine rings is 1. The van der Waals surface area contributed by atoms with Gasteiger partial charge in [-0.2, -0.15) is 4.31 Å². The number of carbonyl (C=O) groups is 1. The van der Waals surface area contributed by atoms with Crippen molar-refractivity contribution in [1.29, 1.82) is 0 Å². The predicted octanol–water partition coefficient (Wildman–Crippen LogP) is 3.20. The highest BCUT2D eigenvalue weighted by Gasteiger charge is 2.28. The largest absolute Gasteiger partial charge is 0.505 e. The molecule has 0 saturated heterocycles. The average Bonchev–Trinajstić information content (AvgIpc) is 2.68. The minimum atomic E-state index is -3.41. The fraction of sp³-hybridized carbons (Fsp3) is 0.238. The smallest absolute Gasteiger partial charge is 0.340 e. The summed E-state index contributed by atoms with van der Waals surface area (Å²) in [5.74, 6) is -1.66. The highest BCUT2D eigenvalue weighted by atomic mass is 35.5. The van der Waals surface area contributed by atoms with Gasteiger partial charge in [0.15, 0.2) is 5.75 Å². The molecular formula is C21H19ClN2O5S. The van der Waals surface area contributed by atoms with Gasteiger partial charge in [0.25, 0.3) is 0 Å². The number of nitrogens with zero attached hydrogens (tertiary/aromatic N) is 2. The third-order valence-electron chi connectivity index (χ3n) is 5.34. The van der Waals surface area contributed by atoms with Gasteiger partial charge in [0.05, 0.1) is 17.5 Å². The van der Waals surface area contributed by atoms with Gasteiger partial charge in [-0.25, -0.2) is 18.2 Å². The minimum absolute atomic E-state index is 0.114. The summed E-state index contributed by atoms with van der Waals surface area (Å²) < 4.78 is 25.5. The van der Waals surface area contributed by atoms with Crippen LogP contribution in [0.1, 0.15) is 32.7 Å². The molecule has 1 aliphatic heterocycles. The predicted molar refractivity (Wildman–Crippen MR) is 114 cm³/mol. The molecule has 2 heterocycles. The summed E-state index contributed by atoms with van der Waals surface area (Å²) in [5.41, 5.74) is 2.79. The first-order valence-corrected chi connectivity index (χ1v) is 11.5. The molecule has 0 amide bonds. The average molecular weight is 447 g/mol. The molecular weight excluding hydrogens is 428 g/mol. The standard InChI is InChI=1S/C21H19ClN2O5S/c1-30(28,29)24-9-8-13-4-7-15-18(21(26)27)20(25)17(23-19(15)16(13)11-24)10-12-2-5-14(22)6-3-12/h2-7,25H,8-11H2,1H3,(H,26,27). The van der Waals surface area contributed by atoms with Crippen molar-refractivity contribution < 1.29 is 23.4 Å². The number of fused-ring (bicyclic) bond motifs is 3. The zero-order chi connectivity index (χ0) is 21.6. The fourth-order valence-electron chi connectivity index (χ4n) is 3.80. The molecule has 0 atom stereocenters. The van der Waals surface area contributed by atoms with Crippen molar-refractivity contribution in [3.05, 3.63) is 69.4 Å². The molecule has 0 saturated carbocycles. The molecule has 2 N–H and O–H groups in total. The highest BCUT2D eigenvalue weighted by molar-refractivity contribution is 7.88. The van der Waals surface area contributed by atoms with Crippen LogP contribution in [-0.4, -0.2) is 46.7 Å². The van der Waals surface area contributed by atoms with Gasteiger partial charge < -0.3 is 10.2 Å². The molecule has 0 spiro atoms. The Kier molecular flexibility index (Phi) is 5.17. The molecule has 1 aromatic heterocycles. The van der Waals surface area contributed by atoms with E-state index in [0.29, 0.717) is 29.1 Å². The van der Waals surface area contributed by atoms with Crippen LogP contribution in [0.5, 0.6) is 5.75 Å². The van der Waals surface area contributed by atoms with Crippen molar-refractivity contribution in [3.8, 4) is 5.75 Å². The minimum Gasteiger partial charge on any atom is -0.505 e. The van der Waals surface area contributed by atoms with Gasteiger partial charge in [0.2, 0.25) is 10.0 Å². The second-order valence-corrected chi connectivity index (χ2v) is 9.76. The molecule has 2 aromatic carbocycles. The van der Waals surface area contributed by atoms with E-state index in [1.54, 1.807) is 36.4 Å². The van der Waals surface area contributed by atoms with E-state index in [2.05, 4.69) is 4.98 Å². The second kappa shape index (κ2) is 7.54. The van der Waals surface area contributed by atoms with Crippen LogP contribution in [-0.2, 0) is 29.4 Å². The molecule has 0 unspecified atom stereocenters. The number of hydrogen-bond acceptors (Lipinski definition) is 5. The summed E-state index contributed by atoms with van der Waals surface area (Å²) in [6.45, 7) is 0.474. The number of aromatic nitrogens is 1. The number of carboxylic acids is 1. The number of halogens is 1. The highest BCUT2D eigenvalue weighted by Crippen LogP contribution is 2.35. The van der Waals surface area contributed by atoms with Gasteiger partial charge in [-0.15, -0.1) is 0 Å². The van der Waals surface area contributed by atoms with Crippen molar-refractivity contribution in [2.45, 2.75) is 19.4 Å². The van der Waals surface area contributed by atoms with Crippen molar-refractivity contribution in [2.24, 2.45) is 0 Å². The van der Waals surface area contributed by atoms with Gasteiger partial charge >= 0.3 is 5.97 Å². The van der Waals surface area contributed by atoms with E-state index in [4.69, 9.17) is 11.6 Å². The Morgan fingerprint density at radius 2 is 1.90 bits per heavy atom. The van der Waals surface area contributed by atoms with E-state index in [1.165, 1.54) is 4.31 Å². The Bertz CT molecular complexity index is 1270. The normalized spacial score (nSPS) is 14.6. The Morgan fingerprint density at radius 3 is 2.53 bits per heavy atom. The molecule has 0 radical (unpaired) electrons. The van der Waals surface area contributed by atoms with E-state index in [1.807, 2.05) is 0 Å². The van der Waals surface area contributed by atoms with E-state index < -0.39 is 16.0 Å². The van der Waals surface area contributed by atoms with Gasteiger partial charge in [0.1, 0.15) is 5.56 Å². The first-order valence-electron chi connectivity index (χ1n) is 9.24. The SMILES string of the molecule is CS(=O)(=O)N1CCc2ccc3c(C(=O)O)c(O)c(Cc4ccc(Cl)cc4)nc3c2C1. The molecule has 0 bridgehead atoms. The van der Waals surface area contributed by atoms with Crippen LogP contribution in [0.2, 0.25) is 5.02 Å². The van der Waals surface area contributed by atoms with Crippen molar-refractivity contribution >= 4 is 38.5 Å². The molecule has 0 aliphatic carbocycles. The third kappa shape index (κ3) is 3.74. The van der Waals surface area contributed by atoms with E-state index in [0.717, 1.165) is 17.4 Å². The van der Waals surface area contributed by atoms with Crippen LogP contribution in [0.4, 0.5) is 0 Å². The number of carboxylic acid groups (broad SMARTS) is 1. The number of benzene rings is 2.